The average molecular weight is 831 g/mol. The first kappa shape index (κ1) is 41.3. The second kappa shape index (κ2) is 17.3. The van der Waals surface area contributed by atoms with Gasteiger partial charge in [0.1, 0.15) is 11.5 Å². The number of nitrogens with one attached hydrogen (secondary N) is 3. The van der Waals surface area contributed by atoms with Gasteiger partial charge in [-0.05, 0) is 71.4 Å². The Balaban J connectivity index is 0.838. The standard InChI is InChI=1S/C42H54N8O10/c1-24-32-30(58-36(24)38(51)44-19-28-7-6-16-56-28)10-8-26-21-48(46-34(26)32)13-12-43-40(53)60-41(54)50(42(3,4)5)15-14-49-22-27-9-11-31-33(35(27)47-49)25(2)37(59-31)39(52)45-20-29-23-55-17-18-57-29/h21-22,28-29H,6-20,23H2,1-5H3,(H,43,53)(H,44,51)(H,45,52)/t28-,29+/m0/s1. The number of carbonyl (C=O) groups excluding carboxylic acids is 4. The first-order valence-electron chi connectivity index (χ1n) is 20.9. The highest BCUT2D eigenvalue weighted by Crippen LogP contribution is 2.39. The van der Waals surface area contributed by atoms with E-state index in [-0.39, 0.29) is 42.9 Å². The Hall–Kier alpha value is -5.46. The van der Waals surface area contributed by atoms with Crippen LogP contribution in [0.25, 0.3) is 22.5 Å². The number of ether oxygens (including phenoxy) is 4. The van der Waals surface area contributed by atoms with Crippen LogP contribution in [-0.2, 0) is 57.7 Å². The number of rotatable bonds is 12. The summed E-state index contributed by atoms with van der Waals surface area (Å²) in [5.41, 5.74) is 6.00. The largest absolute Gasteiger partial charge is 0.455 e. The molecule has 0 spiro atoms. The number of aromatic nitrogens is 4. The highest BCUT2D eigenvalue weighted by atomic mass is 16.6. The molecular weight excluding hydrogens is 777 g/mol. The maximum Gasteiger partial charge on any atom is 0.419 e. The average Bonchev–Trinajstić information content (AvgIpc) is 4.06. The Labute approximate surface area is 347 Å². The summed E-state index contributed by atoms with van der Waals surface area (Å²) in [5, 5.41) is 18.2. The van der Waals surface area contributed by atoms with Crippen molar-refractivity contribution in [3.63, 3.8) is 0 Å². The second-order valence-electron chi connectivity index (χ2n) is 16.8. The van der Waals surface area contributed by atoms with Crippen molar-refractivity contribution < 1.29 is 47.0 Å². The topological polar surface area (TPSA) is 206 Å². The second-order valence-corrected chi connectivity index (χ2v) is 16.8. The Morgan fingerprint density at radius 1 is 0.783 bits per heavy atom. The van der Waals surface area contributed by atoms with Crippen LogP contribution in [0.15, 0.2) is 21.2 Å². The Bertz CT molecular complexity index is 2250. The van der Waals surface area contributed by atoms with Crippen molar-refractivity contribution in [2.24, 2.45) is 0 Å². The van der Waals surface area contributed by atoms with Gasteiger partial charge in [-0.25, -0.2) is 9.59 Å². The van der Waals surface area contributed by atoms with E-state index < -0.39 is 17.7 Å². The molecule has 2 aliphatic heterocycles. The minimum absolute atomic E-state index is 0.0298. The van der Waals surface area contributed by atoms with Crippen molar-refractivity contribution >= 4 is 24.0 Å². The summed E-state index contributed by atoms with van der Waals surface area (Å²) in [4.78, 5) is 53.9. The van der Waals surface area contributed by atoms with E-state index in [2.05, 4.69) is 16.0 Å². The Kier molecular flexibility index (Phi) is 11.9. The third-order valence-electron chi connectivity index (χ3n) is 11.5. The van der Waals surface area contributed by atoms with E-state index in [1.165, 1.54) is 4.90 Å². The lowest BCUT2D eigenvalue weighted by Crippen LogP contribution is -2.48. The van der Waals surface area contributed by atoms with Gasteiger partial charge in [-0.2, -0.15) is 10.2 Å². The number of carbonyl (C=O) groups is 4. The number of aryl methyl sites for hydroxylation is 4. The van der Waals surface area contributed by atoms with E-state index in [0.717, 1.165) is 70.0 Å². The molecule has 3 N–H and O–H groups in total. The monoisotopic (exact) mass is 830 g/mol. The van der Waals surface area contributed by atoms with Crippen LogP contribution in [0.1, 0.15) is 88.5 Å². The molecule has 4 amide bonds. The number of amides is 4. The lowest BCUT2D eigenvalue weighted by Gasteiger charge is -2.34. The van der Waals surface area contributed by atoms with Gasteiger partial charge in [0.25, 0.3) is 11.8 Å². The lowest BCUT2D eigenvalue weighted by atomic mass is 9.93. The van der Waals surface area contributed by atoms with Gasteiger partial charge in [0.15, 0.2) is 11.5 Å². The molecule has 0 radical (unpaired) electrons. The van der Waals surface area contributed by atoms with Gasteiger partial charge in [-0.15, -0.1) is 0 Å². The number of hydrogen-bond donors (Lipinski definition) is 3. The van der Waals surface area contributed by atoms with Gasteiger partial charge >= 0.3 is 12.2 Å². The van der Waals surface area contributed by atoms with Crippen molar-refractivity contribution in [3.8, 4) is 22.5 Å². The van der Waals surface area contributed by atoms with Crippen LogP contribution in [0.3, 0.4) is 0 Å². The number of hydrogen-bond acceptors (Lipinski definition) is 12. The number of alkyl carbamates (subject to hydrolysis) is 1. The molecule has 0 bridgehead atoms. The van der Waals surface area contributed by atoms with Crippen molar-refractivity contribution in [3.05, 3.63) is 57.7 Å². The molecule has 2 fully saturated rings. The zero-order valence-corrected chi connectivity index (χ0v) is 34.9. The predicted molar refractivity (Wildman–Crippen MR) is 215 cm³/mol. The van der Waals surface area contributed by atoms with Crippen molar-refractivity contribution in [1.82, 2.24) is 40.4 Å². The van der Waals surface area contributed by atoms with Crippen LogP contribution < -0.4 is 16.0 Å². The van der Waals surface area contributed by atoms with Crippen LogP contribution >= 0.6 is 0 Å². The van der Waals surface area contributed by atoms with Gasteiger partial charge in [0.05, 0.1) is 56.5 Å². The first-order valence-corrected chi connectivity index (χ1v) is 20.9. The minimum atomic E-state index is -0.866. The zero-order valence-electron chi connectivity index (χ0n) is 34.9. The van der Waals surface area contributed by atoms with Crippen LogP contribution in [0.4, 0.5) is 9.59 Å². The number of fused-ring (bicyclic) bond motifs is 6. The summed E-state index contributed by atoms with van der Waals surface area (Å²) >= 11 is 0. The Morgan fingerprint density at radius 2 is 1.37 bits per heavy atom. The Morgan fingerprint density at radius 3 is 1.92 bits per heavy atom. The SMILES string of the molecule is Cc1c(C(=O)NC[C@@H]2COCCO2)oc2c1-c1nn(CCN(C(=O)OC(=O)NCCn3cc4c(n3)-c3c(oc(C(=O)NC[C@@H]5CCCO5)c3C)CC4)C(C)(C)C)cc1CC2. The zero-order chi connectivity index (χ0) is 42.1. The summed E-state index contributed by atoms with van der Waals surface area (Å²) in [6.45, 7) is 13.4. The van der Waals surface area contributed by atoms with E-state index in [0.29, 0.717) is 83.2 Å². The summed E-state index contributed by atoms with van der Waals surface area (Å²) in [6.07, 6.45) is 6.67. The molecule has 0 saturated carbocycles. The molecule has 322 valence electrons. The predicted octanol–water partition coefficient (Wildman–Crippen LogP) is 4.11. The summed E-state index contributed by atoms with van der Waals surface area (Å²) in [5.74, 6) is 1.42. The fourth-order valence-corrected chi connectivity index (χ4v) is 8.37. The normalized spacial score (nSPS) is 18.2. The molecule has 0 unspecified atom stereocenters. The number of nitrogens with zero attached hydrogens (tertiary/aromatic N) is 5. The molecule has 4 aromatic rings. The third-order valence-corrected chi connectivity index (χ3v) is 11.5. The molecule has 60 heavy (non-hydrogen) atoms. The molecule has 4 aromatic heterocycles. The van der Waals surface area contributed by atoms with Crippen LogP contribution in [-0.4, -0.2) is 119 Å². The van der Waals surface area contributed by atoms with Gasteiger partial charge in [-0.3, -0.25) is 19.0 Å². The molecular formula is C42H54N8O10. The van der Waals surface area contributed by atoms with E-state index in [4.69, 9.17) is 38.0 Å². The minimum Gasteiger partial charge on any atom is -0.455 e. The first-order chi connectivity index (χ1) is 28.8. The van der Waals surface area contributed by atoms with Crippen LogP contribution in [0, 0.1) is 13.8 Å². The molecule has 8 rings (SSSR count). The smallest absolute Gasteiger partial charge is 0.419 e. The van der Waals surface area contributed by atoms with Crippen molar-refractivity contribution in [2.75, 3.05) is 52.6 Å². The molecule has 2 atom stereocenters. The highest BCUT2D eigenvalue weighted by molar-refractivity contribution is 5.96. The molecule has 18 heteroatoms. The van der Waals surface area contributed by atoms with E-state index in [1.54, 1.807) is 9.36 Å². The van der Waals surface area contributed by atoms with Crippen LogP contribution in [0.5, 0.6) is 0 Å². The molecule has 6 heterocycles. The number of furan rings is 2. The summed E-state index contributed by atoms with van der Waals surface area (Å²) in [6, 6.07) is 0. The lowest BCUT2D eigenvalue weighted by molar-refractivity contribution is -0.0856. The van der Waals surface area contributed by atoms with E-state index in [9.17, 15) is 19.2 Å². The van der Waals surface area contributed by atoms with Gasteiger partial charge in [0.2, 0.25) is 0 Å². The van der Waals surface area contributed by atoms with Crippen molar-refractivity contribution in [2.45, 2.75) is 104 Å². The fraction of sp³-hybridized carbons (Fsp3) is 0.571. The maximum absolute atomic E-state index is 13.4. The maximum atomic E-state index is 13.4. The van der Waals surface area contributed by atoms with Crippen molar-refractivity contribution in [1.29, 1.82) is 0 Å². The molecule has 2 aliphatic carbocycles. The molecule has 2 saturated heterocycles. The third kappa shape index (κ3) is 8.72. The van der Waals surface area contributed by atoms with E-state index >= 15 is 0 Å². The van der Waals surface area contributed by atoms with Gasteiger partial charge in [-0.1, -0.05) is 0 Å². The highest BCUT2D eigenvalue weighted by Gasteiger charge is 2.33. The quantitative estimate of drug-likeness (QED) is 0.173. The van der Waals surface area contributed by atoms with Gasteiger partial charge in [0, 0.05) is 85.8 Å². The van der Waals surface area contributed by atoms with E-state index in [1.807, 2.05) is 47.0 Å². The summed E-state index contributed by atoms with van der Waals surface area (Å²) in [7, 11) is 0. The molecule has 18 nitrogen and oxygen atoms in total. The van der Waals surface area contributed by atoms with Gasteiger partial charge < -0.3 is 48.6 Å². The molecule has 4 aliphatic rings. The molecule has 0 aromatic carbocycles. The summed E-state index contributed by atoms with van der Waals surface area (Å²) < 4.78 is 37.6. The fourth-order valence-electron chi connectivity index (χ4n) is 8.37. The van der Waals surface area contributed by atoms with Crippen LogP contribution in [0.2, 0.25) is 0 Å².